The molecule has 0 radical (unpaired) electrons. The zero-order chi connectivity index (χ0) is 22.9. The van der Waals surface area contributed by atoms with Crippen molar-refractivity contribution in [3.8, 4) is 5.75 Å². The van der Waals surface area contributed by atoms with Crippen LogP contribution in [0, 0.1) is 0 Å². The van der Waals surface area contributed by atoms with Crippen LogP contribution in [0.25, 0.3) is 0 Å². The second kappa shape index (κ2) is 12.0. The molecule has 1 saturated heterocycles. The van der Waals surface area contributed by atoms with Gasteiger partial charge in [-0.25, -0.2) is 4.79 Å². The zero-order valence-corrected chi connectivity index (χ0v) is 19.8. The van der Waals surface area contributed by atoms with Crippen LogP contribution < -0.4 is 15.4 Å². The normalized spacial score (nSPS) is 19.1. The Kier molecular flexibility index (Phi) is 8.59. The number of aromatic nitrogens is 1. The maximum atomic E-state index is 12.8. The molecular weight excluding hydrogens is 412 g/mol. The molecule has 2 heterocycles. The number of piperidine rings is 1. The highest BCUT2D eigenvalue weighted by Gasteiger charge is 2.25. The lowest BCUT2D eigenvalue weighted by Gasteiger charge is -2.35. The minimum atomic E-state index is -0.0259. The summed E-state index contributed by atoms with van der Waals surface area (Å²) in [5.41, 5.74) is 2.53. The van der Waals surface area contributed by atoms with Crippen LogP contribution >= 0.6 is 0 Å². The summed E-state index contributed by atoms with van der Waals surface area (Å²) in [6.45, 7) is 2.94. The molecular formula is C27H38N4O2. The van der Waals surface area contributed by atoms with E-state index in [4.69, 9.17) is 4.74 Å². The van der Waals surface area contributed by atoms with Gasteiger partial charge in [0.1, 0.15) is 5.75 Å². The van der Waals surface area contributed by atoms with Crippen LogP contribution in [0.4, 0.5) is 4.79 Å². The van der Waals surface area contributed by atoms with Crippen molar-refractivity contribution in [1.82, 2.24) is 20.5 Å². The third-order valence-corrected chi connectivity index (χ3v) is 7.11. The van der Waals surface area contributed by atoms with Gasteiger partial charge in [0.2, 0.25) is 0 Å². The number of methoxy groups -OCH3 is 1. The first-order chi connectivity index (χ1) is 16.2. The highest BCUT2D eigenvalue weighted by molar-refractivity contribution is 5.74. The van der Waals surface area contributed by atoms with Crippen molar-refractivity contribution in [3.05, 3.63) is 59.9 Å². The molecule has 2 N–H and O–H groups in total. The summed E-state index contributed by atoms with van der Waals surface area (Å²) in [5.74, 6) is 1.50. The van der Waals surface area contributed by atoms with E-state index >= 15 is 0 Å². The number of urea groups is 1. The molecule has 4 rings (SSSR count). The number of carbonyl (C=O) groups excluding carboxylic acids is 1. The molecule has 178 valence electrons. The third kappa shape index (κ3) is 7.19. The van der Waals surface area contributed by atoms with Gasteiger partial charge < -0.3 is 20.3 Å². The summed E-state index contributed by atoms with van der Waals surface area (Å²) in [4.78, 5) is 19.5. The number of nitrogens with zero attached hydrogens (tertiary/aromatic N) is 2. The standard InChI is InChI=1S/C27H38N4O2/c1-33-26-11-5-8-23(18-26)22-12-15-31(16-13-22)20-25(17-21-7-6-14-28-19-21)30-27(32)29-24-9-3-2-4-10-24/h5-8,11,14,18-19,22,24-25H,2-4,9-10,12-13,15-17,20H2,1H3,(H2,29,30,32)/t25-/m1/s1. The van der Waals surface area contributed by atoms with Crippen LogP contribution in [0.15, 0.2) is 48.8 Å². The van der Waals surface area contributed by atoms with Gasteiger partial charge in [-0.1, -0.05) is 37.5 Å². The van der Waals surface area contributed by atoms with Crippen molar-refractivity contribution in [2.45, 2.75) is 69.4 Å². The molecule has 1 saturated carbocycles. The molecule has 0 spiro atoms. The molecule has 1 aromatic heterocycles. The number of pyridine rings is 1. The van der Waals surface area contributed by atoms with E-state index in [0.717, 1.165) is 63.1 Å². The molecule has 6 heteroatoms. The zero-order valence-electron chi connectivity index (χ0n) is 19.8. The molecule has 2 fully saturated rings. The Labute approximate surface area is 198 Å². The minimum absolute atomic E-state index is 0.0259. The second-order valence-electron chi connectivity index (χ2n) is 9.57. The Hall–Kier alpha value is -2.60. The molecule has 1 aromatic carbocycles. The summed E-state index contributed by atoms with van der Waals surface area (Å²) in [6, 6.07) is 12.9. The van der Waals surface area contributed by atoms with Gasteiger partial charge in [-0.3, -0.25) is 4.98 Å². The van der Waals surface area contributed by atoms with Gasteiger partial charge in [0, 0.05) is 31.0 Å². The van der Waals surface area contributed by atoms with E-state index in [0.29, 0.717) is 12.0 Å². The average molecular weight is 451 g/mol. The van der Waals surface area contributed by atoms with Crippen LogP contribution in [0.2, 0.25) is 0 Å². The summed E-state index contributed by atoms with van der Waals surface area (Å²) in [5, 5.41) is 6.50. The fourth-order valence-corrected chi connectivity index (χ4v) is 5.28. The Balaban J connectivity index is 1.33. The van der Waals surface area contributed by atoms with Gasteiger partial charge in [0.05, 0.1) is 7.11 Å². The number of rotatable bonds is 8. The van der Waals surface area contributed by atoms with Gasteiger partial charge in [-0.2, -0.15) is 0 Å². The van der Waals surface area contributed by atoms with Crippen LogP contribution in [-0.4, -0.2) is 54.7 Å². The molecule has 6 nitrogen and oxygen atoms in total. The third-order valence-electron chi connectivity index (χ3n) is 7.11. The number of hydrogen-bond acceptors (Lipinski definition) is 4. The van der Waals surface area contributed by atoms with Crippen molar-refractivity contribution >= 4 is 6.03 Å². The largest absolute Gasteiger partial charge is 0.497 e. The lowest BCUT2D eigenvalue weighted by molar-refractivity contribution is 0.186. The van der Waals surface area contributed by atoms with Crippen molar-refractivity contribution in [2.75, 3.05) is 26.7 Å². The molecule has 0 unspecified atom stereocenters. The molecule has 1 aliphatic carbocycles. The van der Waals surface area contributed by atoms with Crippen LogP contribution in [0.1, 0.15) is 62.0 Å². The predicted octanol–water partition coefficient (Wildman–Crippen LogP) is 4.51. The van der Waals surface area contributed by atoms with Crippen LogP contribution in [0.5, 0.6) is 5.75 Å². The summed E-state index contributed by atoms with van der Waals surface area (Å²) < 4.78 is 5.41. The molecule has 33 heavy (non-hydrogen) atoms. The lowest BCUT2D eigenvalue weighted by atomic mass is 9.89. The fraction of sp³-hybridized carbons (Fsp3) is 0.556. The molecule has 2 aromatic rings. The van der Waals surface area contributed by atoms with Crippen molar-refractivity contribution in [2.24, 2.45) is 0 Å². The van der Waals surface area contributed by atoms with E-state index in [9.17, 15) is 4.79 Å². The van der Waals surface area contributed by atoms with E-state index < -0.39 is 0 Å². The van der Waals surface area contributed by atoms with Gasteiger partial charge in [0.15, 0.2) is 0 Å². The number of nitrogens with one attached hydrogen (secondary N) is 2. The predicted molar refractivity (Wildman–Crippen MR) is 132 cm³/mol. The fourth-order valence-electron chi connectivity index (χ4n) is 5.28. The molecule has 0 bridgehead atoms. The maximum Gasteiger partial charge on any atom is 0.315 e. The second-order valence-corrected chi connectivity index (χ2v) is 9.57. The summed E-state index contributed by atoms with van der Waals surface area (Å²) in [7, 11) is 1.72. The Morgan fingerprint density at radius 1 is 1.12 bits per heavy atom. The Morgan fingerprint density at radius 3 is 2.67 bits per heavy atom. The maximum absolute atomic E-state index is 12.8. The van der Waals surface area contributed by atoms with Crippen LogP contribution in [-0.2, 0) is 6.42 Å². The number of hydrogen-bond donors (Lipinski definition) is 2. The molecule has 2 amide bonds. The topological polar surface area (TPSA) is 66.5 Å². The van der Waals surface area contributed by atoms with Crippen molar-refractivity contribution in [1.29, 1.82) is 0 Å². The number of amides is 2. The summed E-state index contributed by atoms with van der Waals surface area (Å²) in [6.07, 6.45) is 12.7. The SMILES string of the molecule is COc1cccc(C2CCN(C[C@@H](Cc3cccnc3)NC(=O)NC3CCCCC3)CC2)c1. The highest BCUT2D eigenvalue weighted by Crippen LogP contribution is 2.30. The summed E-state index contributed by atoms with van der Waals surface area (Å²) >= 11 is 0. The highest BCUT2D eigenvalue weighted by atomic mass is 16.5. The van der Waals surface area contributed by atoms with Crippen LogP contribution in [0.3, 0.4) is 0 Å². The monoisotopic (exact) mass is 450 g/mol. The van der Waals surface area contributed by atoms with E-state index in [1.165, 1.54) is 24.8 Å². The van der Waals surface area contributed by atoms with E-state index in [1.807, 2.05) is 18.3 Å². The van der Waals surface area contributed by atoms with Gasteiger partial charge >= 0.3 is 6.03 Å². The number of ether oxygens (including phenoxy) is 1. The van der Waals surface area contributed by atoms with E-state index in [1.54, 1.807) is 13.3 Å². The smallest absolute Gasteiger partial charge is 0.315 e. The average Bonchev–Trinajstić information content (AvgIpc) is 2.85. The molecule has 1 aliphatic heterocycles. The van der Waals surface area contributed by atoms with Gasteiger partial charge in [-0.15, -0.1) is 0 Å². The molecule has 1 atom stereocenters. The Bertz CT molecular complexity index is 861. The van der Waals surface area contributed by atoms with Gasteiger partial charge in [-0.05, 0) is 80.4 Å². The number of benzene rings is 1. The van der Waals surface area contributed by atoms with Crippen molar-refractivity contribution < 1.29 is 9.53 Å². The number of carbonyl (C=O) groups is 1. The quantitative estimate of drug-likeness (QED) is 0.621. The number of likely N-dealkylation sites (tertiary alicyclic amines) is 1. The van der Waals surface area contributed by atoms with E-state index in [2.05, 4.69) is 44.8 Å². The van der Waals surface area contributed by atoms with E-state index in [-0.39, 0.29) is 12.1 Å². The first-order valence-corrected chi connectivity index (χ1v) is 12.5. The lowest BCUT2D eigenvalue weighted by Crippen LogP contribution is -2.52. The minimum Gasteiger partial charge on any atom is -0.497 e. The molecule has 2 aliphatic rings. The first kappa shape index (κ1) is 23.6. The van der Waals surface area contributed by atoms with Crippen molar-refractivity contribution in [3.63, 3.8) is 0 Å². The Morgan fingerprint density at radius 2 is 1.94 bits per heavy atom. The van der Waals surface area contributed by atoms with Gasteiger partial charge in [0.25, 0.3) is 0 Å². The first-order valence-electron chi connectivity index (χ1n) is 12.5.